The lowest BCUT2D eigenvalue weighted by atomic mass is 10.0. The van der Waals surface area contributed by atoms with Gasteiger partial charge >= 0.3 is 0 Å². The molecule has 0 atom stereocenters. The highest BCUT2D eigenvalue weighted by Gasteiger charge is 2.22. The molecule has 0 radical (unpaired) electrons. The van der Waals surface area contributed by atoms with Crippen molar-refractivity contribution in [2.24, 2.45) is 0 Å². The smallest absolute Gasteiger partial charge is 0.263 e. The number of thiazole rings is 1. The van der Waals surface area contributed by atoms with Crippen molar-refractivity contribution in [3.05, 3.63) is 40.4 Å². The molecule has 0 saturated carbocycles. The standard InChI is InChI=1S/C14H11F2NOS/c15-13(16)8-3-1-4-9(7-8)14-17-10-5-2-6-11(18)12(10)19-14/h1,3-4,7,13H,2,5-6H2. The van der Waals surface area contributed by atoms with E-state index in [4.69, 9.17) is 0 Å². The van der Waals surface area contributed by atoms with Gasteiger partial charge in [-0.1, -0.05) is 18.2 Å². The van der Waals surface area contributed by atoms with Crippen LogP contribution in [0.3, 0.4) is 0 Å². The fourth-order valence-electron chi connectivity index (χ4n) is 2.20. The van der Waals surface area contributed by atoms with Crippen LogP contribution in [0.1, 0.15) is 40.2 Å². The van der Waals surface area contributed by atoms with Crippen molar-refractivity contribution in [2.45, 2.75) is 25.7 Å². The lowest BCUT2D eigenvalue weighted by Crippen LogP contribution is -2.07. The predicted octanol–water partition coefficient (Wildman–Crippen LogP) is 4.27. The predicted molar refractivity (Wildman–Crippen MR) is 69.8 cm³/mol. The third-order valence-electron chi connectivity index (χ3n) is 3.15. The van der Waals surface area contributed by atoms with E-state index in [9.17, 15) is 13.6 Å². The summed E-state index contributed by atoms with van der Waals surface area (Å²) in [5.74, 6) is 0.120. The topological polar surface area (TPSA) is 30.0 Å². The summed E-state index contributed by atoms with van der Waals surface area (Å²) in [5, 5.41) is 0.655. The lowest BCUT2D eigenvalue weighted by molar-refractivity contribution is 0.0976. The molecule has 0 bridgehead atoms. The van der Waals surface area contributed by atoms with Crippen molar-refractivity contribution >= 4 is 17.1 Å². The number of benzene rings is 1. The van der Waals surface area contributed by atoms with Crippen LogP contribution in [0.2, 0.25) is 0 Å². The van der Waals surface area contributed by atoms with Gasteiger partial charge in [-0.15, -0.1) is 11.3 Å². The average molecular weight is 279 g/mol. The number of aromatic nitrogens is 1. The van der Waals surface area contributed by atoms with Crippen molar-refractivity contribution in [3.8, 4) is 10.6 Å². The van der Waals surface area contributed by atoms with Gasteiger partial charge in [0.25, 0.3) is 6.43 Å². The van der Waals surface area contributed by atoms with Gasteiger partial charge in [0.15, 0.2) is 5.78 Å². The monoisotopic (exact) mass is 279 g/mol. The Hall–Kier alpha value is -1.62. The van der Waals surface area contributed by atoms with Gasteiger partial charge in [-0.2, -0.15) is 0 Å². The van der Waals surface area contributed by atoms with Crippen LogP contribution in [0.15, 0.2) is 24.3 Å². The van der Waals surface area contributed by atoms with Crippen LogP contribution >= 0.6 is 11.3 Å². The van der Waals surface area contributed by atoms with Crippen molar-refractivity contribution in [3.63, 3.8) is 0 Å². The van der Waals surface area contributed by atoms with Crippen LogP contribution in [0.5, 0.6) is 0 Å². The van der Waals surface area contributed by atoms with Gasteiger partial charge in [0.1, 0.15) is 5.01 Å². The molecule has 0 spiro atoms. The summed E-state index contributed by atoms with van der Waals surface area (Å²) in [6.45, 7) is 0. The van der Waals surface area contributed by atoms with E-state index < -0.39 is 6.43 Å². The zero-order valence-electron chi connectivity index (χ0n) is 10.0. The van der Waals surface area contributed by atoms with Crippen LogP contribution in [-0.4, -0.2) is 10.8 Å². The fraction of sp³-hybridized carbons (Fsp3) is 0.286. The van der Waals surface area contributed by atoms with E-state index in [0.717, 1.165) is 18.5 Å². The highest BCUT2D eigenvalue weighted by molar-refractivity contribution is 7.17. The highest BCUT2D eigenvalue weighted by atomic mass is 32.1. The minimum atomic E-state index is -2.49. The number of halogens is 2. The first-order chi connectivity index (χ1) is 9.15. The quantitative estimate of drug-likeness (QED) is 0.821. The summed E-state index contributed by atoms with van der Waals surface area (Å²) < 4.78 is 25.4. The Morgan fingerprint density at radius 3 is 2.84 bits per heavy atom. The number of carbonyl (C=O) groups excluding carboxylic acids is 1. The summed E-state index contributed by atoms with van der Waals surface area (Å²) in [7, 11) is 0. The summed E-state index contributed by atoms with van der Waals surface area (Å²) in [6.07, 6.45) is -0.305. The molecule has 0 N–H and O–H groups in total. The number of nitrogens with zero attached hydrogens (tertiary/aromatic N) is 1. The zero-order valence-corrected chi connectivity index (χ0v) is 10.8. The van der Waals surface area contributed by atoms with Gasteiger partial charge in [0, 0.05) is 17.5 Å². The minimum absolute atomic E-state index is 0.0167. The lowest BCUT2D eigenvalue weighted by Gasteiger charge is -2.06. The summed E-state index contributed by atoms with van der Waals surface area (Å²) >= 11 is 1.31. The van der Waals surface area contributed by atoms with Gasteiger partial charge in [-0.05, 0) is 18.9 Å². The second-order valence-corrected chi connectivity index (χ2v) is 5.50. The third-order valence-corrected chi connectivity index (χ3v) is 4.34. The molecule has 2 aromatic rings. The van der Waals surface area contributed by atoms with Crippen LogP contribution in [0.4, 0.5) is 8.78 Å². The Balaban J connectivity index is 2.03. The first-order valence-corrected chi connectivity index (χ1v) is 6.88. The van der Waals surface area contributed by atoms with Crippen LogP contribution < -0.4 is 0 Å². The number of alkyl halides is 2. The van der Waals surface area contributed by atoms with Gasteiger partial charge < -0.3 is 0 Å². The van der Waals surface area contributed by atoms with Crippen LogP contribution in [-0.2, 0) is 6.42 Å². The van der Waals surface area contributed by atoms with E-state index in [2.05, 4.69) is 4.98 Å². The first kappa shape index (κ1) is 12.4. The molecule has 1 aliphatic carbocycles. The molecule has 1 aromatic carbocycles. The largest absolute Gasteiger partial charge is 0.293 e. The average Bonchev–Trinajstić information content (AvgIpc) is 2.84. The van der Waals surface area contributed by atoms with E-state index in [1.165, 1.54) is 23.5 Å². The molecule has 0 unspecified atom stereocenters. The number of rotatable bonds is 2. The number of ketones is 1. The van der Waals surface area contributed by atoms with Crippen molar-refractivity contribution < 1.29 is 13.6 Å². The summed E-state index contributed by atoms with van der Waals surface area (Å²) in [5.41, 5.74) is 1.46. The van der Waals surface area contributed by atoms with Crippen molar-refractivity contribution in [1.29, 1.82) is 0 Å². The van der Waals surface area contributed by atoms with Crippen molar-refractivity contribution in [2.75, 3.05) is 0 Å². The Labute approximate surface area is 113 Å². The van der Waals surface area contributed by atoms with Crippen LogP contribution in [0, 0.1) is 0 Å². The molecule has 5 heteroatoms. The molecule has 1 aromatic heterocycles. The number of carbonyl (C=O) groups is 1. The number of hydrogen-bond acceptors (Lipinski definition) is 3. The van der Waals surface area contributed by atoms with Gasteiger partial charge in [-0.25, -0.2) is 13.8 Å². The molecule has 1 aliphatic rings. The minimum Gasteiger partial charge on any atom is -0.293 e. The number of aryl methyl sites for hydroxylation is 1. The number of Topliss-reactive ketones (excluding diaryl/α,β-unsaturated/α-hetero) is 1. The second kappa shape index (κ2) is 4.81. The first-order valence-electron chi connectivity index (χ1n) is 6.06. The van der Waals surface area contributed by atoms with E-state index in [-0.39, 0.29) is 11.3 Å². The maximum Gasteiger partial charge on any atom is 0.263 e. The van der Waals surface area contributed by atoms with E-state index >= 15 is 0 Å². The summed E-state index contributed by atoms with van der Waals surface area (Å²) in [4.78, 5) is 16.9. The van der Waals surface area contributed by atoms with E-state index in [1.807, 2.05) is 0 Å². The SMILES string of the molecule is O=C1CCCc2nc(-c3cccc(C(F)F)c3)sc21. The molecular weight excluding hydrogens is 268 g/mol. The molecule has 19 heavy (non-hydrogen) atoms. The Bertz CT molecular complexity index is 636. The maximum atomic E-state index is 12.7. The Morgan fingerprint density at radius 2 is 2.11 bits per heavy atom. The Morgan fingerprint density at radius 1 is 1.26 bits per heavy atom. The van der Waals surface area contributed by atoms with E-state index in [0.29, 0.717) is 21.9 Å². The maximum absolute atomic E-state index is 12.7. The molecular formula is C14H11F2NOS. The molecule has 1 heterocycles. The normalized spacial score (nSPS) is 14.8. The third kappa shape index (κ3) is 2.30. The fourth-order valence-corrected chi connectivity index (χ4v) is 3.28. The summed E-state index contributed by atoms with van der Waals surface area (Å²) in [6, 6.07) is 6.19. The molecule has 0 fully saturated rings. The van der Waals surface area contributed by atoms with Gasteiger partial charge in [0.05, 0.1) is 10.6 Å². The number of hydrogen-bond donors (Lipinski definition) is 0. The highest BCUT2D eigenvalue weighted by Crippen LogP contribution is 2.33. The van der Waals surface area contributed by atoms with Crippen molar-refractivity contribution in [1.82, 2.24) is 4.98 Å². The van der Waals surface area contributed by atoms with E-state index in [1.54, 1.807) is 12.1 Å². The zero-order chi connectivity index (χ0) is 13.4. The number of fused-ring (bicyclic) bond motifs is 1. The molecule has 0 amide bonds. The second-order valence-electron chi connectivity index (χ2n) is 4.50. The molecule has 0 saturated heterocycles. The van der Waals surface area contributed by atoms with Crippen LogP contribution in [0.25, 0.3) is 10.6 Å². The molecule has 0 aliphatic heterocycles. The molecule has 98 valence electrons. The van der Waals surface area contributed by atoms with Gasteiger partial charge in [0.2, 0.25) is 0 Å². The molecule has 2 nitrogen and oxygen atoms in total. The molecule has 3 rings (SSSR count). The van der Waals surface area contributed by atoms with Gasteiger partial charge in [-0.3, -0.25) is 4.79 Å². The Kier molecular flexibility index (Phi) is 3.14.